The van der Waals surface area contributed by atoms with Gasteiger partial charge in [0.05, 0.1) is 94.4 Å². The van der Waals surface area contributed by atoms with Gasteiger partial charge in [0, 0.05) is 42.7 Å². The molecule has 21 heteroatoms. The number of benzene rings is 4. The van der Waals surface area contributed by atoms with Gasteiger partial charge in [-0.3, -0.25) is 34.2 Å². The Bertz CT molecular complexity index is 2680. The van der Waals surface area contributed by atoms with E-state index in [1.807, 2.05) is 24.3 Å². The molecule has 2 fully saturated rings. The van der Waals surface area contributed by atoms with Crippen LogP contribution < -0.4 is 20.1 Å². The van der Waals surface area contributed by atoms with E-state index in [1.54, 1.807) is 38.1 Å². The molecule has 17 nitrogen and oxygen atoms in total. The van der Waals surface area contributed by atoms with Gasteiger partial charge in [-0.1, -0.05) is 44.2 Å². The molecule has 7 rings (SSSR count). The lowest BCUT2D eigenvalue weighted by Crippen LogP contribution is -2.54. The van der Waals surface area contributed by atoms with Gasteiger partial charge in [0.1, 0.15) is 30.0 Å². The Morgan fingerprint density at radius 1 is 0.767 bits per heavy atom. The third-order valence-electron chi connectivity index (χ3n) is 12.1. The minimum absolute atomic E-state index is 0.0302. The highest BCUT2D eigenvalue weighted by Crippen LogP contribution is 2.39. The molecular formula is C52H55F4N5O12. The normalized spacial score (nSPS) is 17.5. The van der Waals surface area contributed by atoms with Gasteiger partial charge in [0.25, 0.3) is 17.7 Å². The molecule has 2 atom stereocenters. The molecule has 0 spiro atoms. The number of piperidine rings is 1. The summed E-state index contributed by atoms with van der Waals surface area (Å²) in [4.78, 5) is 65.8. The molecular weight excluding hydrogens is 963 g/mol. The molecule has 4 aromatic rings. The summed E-state index contributed by atoms with van der Waals surface area (Å²) >= 11 is 0. The molecule has 3 heterocycles. The first-order valence-electron chi connectivity index (χ1n) is 23.6. The monoisotopic (exact) mass is 1020 g/mol. The fourth-order valence-electron chi connectivity index (χ4n) is 8.47. The highest BCUT2D eigenvalue weighted by molar-refractivity contribution is 6.24. The second-order valence-corrected chi connectivity index (χ2v) is 17.8. The molecule has 2 N–H and O–H groups in total. The van der Waals surface area contributed by atoms with E-state index in [0.29, 0.717) is 77.6 Å². The lowest BCUT2D eigenvalue weighted by Gasteiger charge is -2.27. The number of nitriles is 1. The van der Waals surface area contributed by atoms with Crippen molar-refractivity contribution in [3.8, 4) is 28.7 Å². The van der Waals surface area contributed by atoms with Crippen molar-refractivity contribution in [1.29, 1.82) is 5.26 Å². The number of halogens is 4. The van der Waals surface area contributed by atoms with Gasteiger partial charge in [0.15, 0.2) is 6.10 Å². The van der Waals surface area contributed by atoms with E-state index in [9.17, 15) is 37.1 Å². The molecule has 4 aromatic carbocycles. The lowest BCUT2D eigenvalue weighted by molar-refractivity contribution is -0.138. The van der Waals surface area contributed by atoms with Crippen LogP contribution in [0.25, 0.3) is 11.1 Å². The van der Waals surface area contributed by atoms with E-state index >= 15 is 4.39 Å². The van der Waals surface area contributed by atoms with Crippen LogP contribution in [0.3, 0.4) is 0 Å². The fourth-order valence-corrected chi connectivity index (χ4v) is 8.47. The van der Waals surface area contributed by atoms with Crippen LogP contribution in [0.4, 0.5) is 23.2 Å². The van der Waals surface area contributed by atoms with Gasteiger partial charge in [-0.15, -0.1) is 0 Å². The third-order valence-corrected chi connectivity index (χ3v) is 12.1. The SMILES string of the molecule is CC1(C)CN(Cc2ccc(-c3ccc(NCCOCCOCCOCCOCCOCCOc4cccc5c4C(=O)N(C4CCC(=O)NC4=O)C5=O)cc3)cc2F)C(=O)C1Oc1ccc(C#N)c(C(F)(F)F)c1. The van der Waals surface area contributed by atoms with Crippen molar-refractivity contribution in [1.82, 2.24) is 15.1 Å². The van der Waals surface area contributed by atoms with E-state index in [0.717, 1.165) is 22.2 Å². The van der Waals surface area contributed by atoms with Crippen LogP contribution in [0.5, 0.6) is 11.5 Å². The first kappa shape index (κ1) is 53.8. The molecule has 73 heavy (non-hydrogen) atoms. The quantitative estimate of drug-likeness (QED) is 0.0410. The second-order valence-electron chi connectivity index (χ2n) is 17.8. The summed E-state index contributed by atoms with van der Waals surface area (Å²) in [7, 11) is 0. The smallest absolute Gasteiger partial charge is 0.417 e. The Hall–Kier alpha value is -6.96. The van der Waals surface area contributed by atoms with E-state index in [-0.39, 0.29) is 67.3 Å². The van der Waals surface area contributed by atoms with E-state index in [4.69, 9.17) is 38.4 Å². The maximum Gasteiger partial charge on any atom is 0.417 e. The number of anilines is 1. The minimum atomic E-state index is -4.78. The van der Waals surface area contributed by atoms with Gasteiger partial charge < -0.3 is 43.4 Å². The number of nitrogens with one attached hydrogen (secondary N) is 2. The van der Waals surface area contributed by atoms with Crippen LogP contribution in [-0.2, 0) is 50.8 Å². The molecule has 3 aliphatic heterocycles. The van der Waals surface area contributed by atoms with Crippen LogP contribution in [0.2, 0.25) is 0 Å². The second kappa shape index (κ2) is 24.6. The fraction of sp³-hybridized carbons (Fsp3) is 0.423. The number of likely N-dealkylation sites (tertiary alicyclic amines) is 1. The van der Waals surface area contributed by atoms with Crippen molar-refractivity contribution >= 4 is 35.2 Å². The molecule has 388 valence electrons. The Morgan fingerprint density at radius 3 is 2.01 bits per heavy atom. The Labute approximate surface area is 418 Å². The summed E-state index contributed by atoms with van der Waals surface area (Å²) in [5, 5.41) is 14.6. The number of hydrogen-bond donors (Lipinski definition) is 2. The molecule has 2 saturated heterocycles. The average Bonchev–Trinajstić information content (AvgIpc) is 3.74. The van der Waals surface area contributed by atoms with Crippen LogP contribution in [0.15, 0.2) is 78.9 Å². The van der Waals surface area contributed by atoms with E-state index in [2.05, 4.69) is 10.6 Å². The van der Waals surface area contributed by atoms with E-state index < -0.39 is 70.2 Å². The topological polar surface area (TPSA) is 204 Å². The number of nitrogens with zero attached hydrogens (tertiary/aromatic N) is 3. The third kappa shape index (κ3) is 13.8. The van der Waals surface area contributed by atoms with Crippen molar-refractivity contribution in [2.75, 3.05) is 91.1 Å². The predicted octanol–water partition coefficient (Wildman–Crippen LogP) is 6.17. The summed E-state index contributed by atoms with van der Waals surface area (Å²) in [5.41, 5.74) is 0.215. The first-order valence-corrected chi connectivity index (χ1v) is 23.6. The number of hydrogen-bond acceptors (Lipinski definition) is 14. The highest BCUT2D eigenvalue weighted by atomic mass is 19.4. The average molecular weight is 1020 g/mol. The highest BCUT2D eigenvalue weighted by Gasteiger charge is 2.49. The number of imide groups is 2. The number of fused-ring (bicyclic) bond motifs is 1. The lowest BCUT2D eigenvalue weighted by atomic mass is 9.89. The summed E-state index contributed by atoms with van der Waals surface area (Å²) in [6, 6.07) is 20.3. The Balaban J connectivity index is 0.692. The van der Waals surface area contributed by atoms with Crippen molar-refractivity contribution in [3.05, 3.63) is 112 Å². The van der Waals surface area contributed by atoms with Crippen molar-refractivity contribution in [3.63, 3.8) is 0 Å². The molecule has 0 saturated carbocycles. The summed E-state index contributed by atoms with van der Waals surface area (Å²) in [6.07, 6.45) is -5.82. The number of carbonyl (C=O) groups excluding carboxylic acids is 5. The van der Waals surface area contributed by atoms with Gasteiger partial charge in [0.2, 0.25) is 11.8 Å². The summed E-state index contributed by atoms with van der Waals surface area (Å²) in [5.74, 6) is -3.38. The number of alkyl halides is 3. The standard InChI is InChI=1S/C52H55F4N5O12/c1-51(2)32-60(50(66)46(51)73-38-13-10-35(30-57)40(29-38)52(54,55)56)31-36-7-6-34(28-41(36)53)33-8-11-37(12-9-33)58-16-17-67-18-19-68-20-21-69-22-23-70-24-25-71-26-27-72-43-5-3-4-39-45(43)49(65)61(48(39)64)42-14-15-44(62)59-47(42)63/h3-13,28-29,42,46,58H,14-27,31-32H2,1-2H3,(H,59,62,63). The summed E-state index contributed by atoms with van der Waals surface area (Å²) < 4.78 is 95.4. The maximum absolute atomic E-state index is 15.5. The zero-order valence-electron chi connectivity index (χ0n) is 40.2. The van der Waals surface area contributed by atoms with Gasteiger partial charge >= 0.3 is 6.18 Å². The van der Waals surface area contributed by atoms with Crippen LogP contribution in [0.1, 0.15) is 64.1 Å². The Morgan fingerprint density at radius 2 is 1.40 bits per heavy atom. The number of ether oxygens (including phenoxy) is 7. The molecule has 0 radical (unpaired) electrons. The zero-order chi connectivity index (χ0) is 52.1. The number of rotatable bonds is 26. The Kier molecular flexibility index (Phi) is 18.2. The van der Waals surface area contributed by atoms with Gasteiger partial charge in [-0.05, 0) is 66.1 Å². The number of carbonyl (C=O) groups is 5. The van der Waals surface area contributed by atoms with E-state index in [1.165, 1.54) is 29.2 Å². The van der Waals surface area contributed by atoms with Crippen LogP contribution in [0, 0.1) is 22.6 Å². The molecule has 0 aromatic heterocycles. The molecule has 2 unspecified atom stereocenters. The van der Waals surface area contributed by atoms with Gasteiger partial charge in [-0.2, -0.15) is 18.4 Å². The minimum Gasteiger partial charge on any atom is -0.490 e. The van der Waals surface area contributed by atoms with Crippen LogP contribution >= 0.6 is 0 Å². The van der Waals surface area contributed by atoms with Crippen molar-refractivity contribution < 1.29 is 74.7 Å². The largest absolute Gasteiger partial charge is 0.490 e. The van der Waals surface area contributed by atoms with Gasteiger partial charge in [-0.25, -0.2) is 4.39 Å². The summed E-state index contributed by atoms with van der Waals surface area (Å²) in [6.45, 7) is 7.80. The maximum atomic E-state index is 15.5. The molecule has 5 amide bonds. The molecule has 0 aliphatic carbocycles. The van der Waals surface area contributed by atoms with Crippen molar-refractivity contribution in [2.45, 2.75) is 51.6 Å². The number of amides is 5. The van der Waals surface area contributed by atoms with Crippen molar-refractivity contribution in [2.24, 2.45) is 5.41 Å². The van der Waals surface area contributed by atoms with Crippen LogP contribution in [-0.4, -0.2) is 137 Å². The first-order chi connectivity index (χ1) is 35.0. The predicted molar refractivity (Wildman–Crippen MR) is 253 cm³/mol. The molecule has 3 aliphatic rings. The zero-order valence-corrected chi connectivity index (χ0v) is 40.2. The molecule has 0 bridgehead atoms.